The van der Waals surface area contributed by atoms with Crippen LogP contribution < -0.4 is 5.32 Å². The fourth-order valence-corrected chi connectivity index (χ4v) is 11.9. The number of esters is 1. The molecule has 5 aliphatic heterocycles. The highest BCUT2D eigenvalue weighted by atomic mass is 16.7. The van der Waals surface area contributed by atoms with Crippen LogP contribution in [0.5, 0.6) is 0 Å². The molecule has 492 valence electrons. The number of amides is 1. The second-order valence-electron chi connectivity index (χ2n) is 23.6. The number of rotatable bonds is 29. The monoisotopic (exact) mass is 1240 g/mol. The number of ether oxygens (including phenoxy) is 13. The van der Waals surface area contributed by atoms with Crippen LogP contribution in [0.1, 0.15) is 79.7 Å². The maximum absolute atomic E-state index is 14.8. The van der Waals surface area contributed by atoms with E-state index in [-0.39, 0.29) is 44.4 Å². The lowest BCUT2D eigenvalue weighted by Crippen LogP contribution is -2.70. The van der Waals surface area contributed by atoms with Crippen LogP contribution in [-0.2, 0) is 82.4 Å². The summed E-state index contributed by atoms with van der Waals surface area (Å²) in [4.78, 5) is 39.3. The number of aliphatic hydroxyl groups excluding tert-OH is 4. The van der Waals surface area contributed by atoms with Gasteiger partial charge in [-0.05, 0) is 38.8 Å². The van der Waals surface area contributed by atoms with E-state index in [0.717, 1.165) is 11.6 Å². The third-order valence-corrected chi connectivity index (χ3v) is 17.0. The molecule has 0 saturated carbocycles. The maximum atomic E-state index is 14.8. The van der Waals surface area contributed by atoms with E-state index in [1.165, 1.54) is 26.4 Å². The minimum absolute atomic E-state index is 0.0758. The number of benzene rings is 1. The van der Waals surface area contributed by atoms with Gasteiger partial charge >= 0.3 is 11.9 Å². The van der Waals surface area contributed by atoms with Gasteiger partial charge in [-0.1, -0.05) is 124 Å². The summed E-state index contributed by atoms with van der Waals surface area (Å²) in [5, 5.41) is 67.9. The highest BCUT2D eigenvalue weighted by Crippen LogP contribution is 2.46. The molecule has 7 N–H and O–H groups in total. The molecule has 0 aromatic heterocycles. The molecule has 5 fully saturated rings. The molecule has 23 nitrogen and oxygen atoms in total. The number of aliphatic hydroxyl groups is 5. The van der Waals surface area contributed by atoms with Gasteiger partial charge in [0.05, 0.1) is 80.7 Å². The van der Waals surface area contributed by atoms with Crippen molar-refractivity contribution >= 4 is 17.8 Å². The molecule has 0 radical (unpaired) electrons. The molecule has 0 spiro atoms. The molecule has 0 unspecified atom stereocenters. The summed E-state index contributed by atoms with van der Waals surface area (Å²) in [7, 11) is 6.20. The Hall–Kier alpha value is -4.87. The Morgan fingerprint density at radius 3 is 1.98 bits per heavy atom. The SMILES string of the molecule is CO[C@H]1C[C@H](O[C@H]2[C@H](C)O[C@H](O[C@@H]3[C@H](C)O[C@@H](OC[C@H](C(=O)NC/C=C/C=C(\C)[C@@H](OC)[C@@H](C)[C@H]4C[C@H](O)[C@H](/C=C/C=C/C=C/C(=O)O)O4)[C@@]4(O)O[C@@H](/C=C/C=C\CO)C(C)(C)[C@@H](OC(=O)Cc5ccccc5)[C@H]4O)C[C@@H]3OC)C[C@H]2OC)O[C@@H](C)[C@H]1O. The summed E-state index contributed by atoms with van der Waals surface area (Å²) < 4.78 is 80.3. The molecular formula is C65H95NO22. The lowest BCUT2D eigenvalue weighted by molar-refractivity contribution is -0.367. The molecule has 1 aromatic rings. The van der Waals surface area contributed by atoms with Crippen molar-refractivity contribution in [3.05, 3.63) is 120 Å². The van der Waals surface area contributed by atoms with Crippen LogP contribution in [0.3, 0.4) is 0 Å². The van der Waals surface area contributed by atoms with Crippen LogP contribution in [0.2, 0.25) is 0 Å². The predicted molar refractivity (Wildman–Crippen MR) is 320 cm³/mol. The van der Waals surface area contributed by atoms with E-state index < -0.39 is 152 Å². The predicted octanol–water partition coefficient (Wildman–Crippen LogP) is 4.48. The van der Waals surface area contributed by atoms with Gasteiger partial charge in [-0.2, -0.15) is 0 Å². The van der Waals surface area contributed by atoms with Gasteiger partial charge in [-0.15, -0.1) is 0 Å². The van der Waals surface area contributed by atoms with E-state index >= 15 is 0 Å². The van der Waals surface area contributed by atoms with Crippen LogP contribution in [0.25, 0.3) is 0 Å². The maximum Gasteiger partial charge on any atom is 0.328 e. The summed E-state index contributed by atoms with van der Waals surface area (Å²) in [6.07, 6.45) is 6.57. The van der Waals surface area contributed by atoms with Crippen molar-refractivity contribution in [3.8, 4) is 0 Å². The quantitative estimate of drug-likeness (QED) is 0.0331. The zero-order valence-corrected chi connectivity index (χ0v) is 52.4. The lowest BCUT2D eigenvalue weighted by atomic mass is 9.71. The molecule has 88 heavy (non-hydrogen) atoms. The lowest BCUT2D eigenvalue weighted by Gasteiger charge is -2.54. The molecule has 0 aliphatic carbocycles. The van der Waals surface area contributed by atoms with E-state index in [1.54, 1.807) is 121 Å². The number of carboxylic acids is 1. The largest absolute Gasteiger partial charge is 0.478 e. The molecule has 5 heterocycles. The number of carbonyl (C=O) groups excluding carboxylic acids is 2. The molecule has 6 rings (SSSR count). The Morgan fingerprint density at radius 2 is 1.35 bits per heavy atom. The minimum atomic E-state index is -2.79. The topological polar surface area (TPSA) is 305 Å². The van der Waals surface area contributed by atoms with Crippen molar-refractivity contribution in [1.29, 1.82) is 0 Å². The number of allylic oxidation sites excluding steroid dienone is 8. The standard InChI is InChI=1S/C65H95NO22/c1-38(58(79-11)39(2)47-33-45(68)46(84-47)27-18-12-13-20-29-52(69)70)24-21-22-30-66-63(74)44(65(75)61(73)62(85-53(71)32-43-25-16-14-17-26-43)64(6,7)51(88-65)28-19-15-23-31-67)37-80-54-35-49(77-9)59(41(4)82-54)87-56-36-50(78-10)60(42(5)83-56)86-55-34-48(76-8)57(72)40(3)81-55/h12-29,39-42,44-51,54-62,67-68,72-73,75H,30-37H2,1-11H3,(H,66,74)(H,69,70)/b13-12+,22-21+,23-15-,27-18+,28-19+,29-20+,38-24+/t39-,40-,41-,42-,44+,45-,46-,47+,48-,49-,50+,51-,54+,55-,56+,57+,58+,59+,60-,61+,62-,65+/m0/s1. The second kappa shape index (κ2) is 34.5. The van der Waals surface area contributed by atoms with Crippen molar-refractivity contribution in [2.24, 2.45) is 17.3 Å². The van der Waals surface area contributed by atoms with E-state index in [2.05, 4.69) is 5.32 Å². The van der Waals surface area contributed by atoms with E-state index in [0.29, 0.717) is 18.4 Å². The highest BCUT2D eigenvalue weighted by Gasteiger charge is 2.63. The van der Waals surface area contributed by atoms with Crippen LogP contribution in [0.15, 0.2) is 115 Å². The van der Waals surface area contributed by atoms with Crippen molar-refractivity contribution < 1.29 is 107 Å². The normalized spacial score (nSPS) is 36.0. The summed E-state index contributed by atoms with van der Waals surface area (Å²) in [5.74, 6) is -7.27. The summed E-state index contributed by atoms with van der Waals surface area (Å²) in [6.45, 7) is 11.7. The van der Waals surface area contributed by atoms with Gasteiger partial charge in [0.15, 0.2) is 18.9 Å². The van der Waals surface area contributed by atoms with Crippen LogP contribution >= 0.6 is 0 Å². The van der Waals surface area contributed by atoms with Crippen molar-refractivity contribution in [3.63, 3.8) is 0 Å². The summed E-state index contributed by atoms with van der Waals surface area (Å²) in [6, 6.07) is 8.88. The van der Waals surface area contributed by atoms with Crippen LogP contribution in [-0.4, -0.2) is 219 Å². The Morgan fingerprint density at radius 1 is 0.750 bits per heavy atom. The summed E-state index contributed by atoms with van der Waals surface area (Å²) >= 11 is 0. The number of hydrogen-bond donors (Lipinski definition) is 7. The highest BCUT2D eigenvalue weighted by molar-refractivity contribution is 5.80. The Bertz CT molecular complexity index is 2550. The Labute approximate surface area is 516 Å². The fraction of sp³-hybridized carbons (Fsp3) is 0.646. The van der Waals surface area contributed by atoms with Crippen molar-refractivity contribution in [2.45, 2.75) is 203 Å². The molecule has 22 atom stereocenters. The van der Waals surface area contributed by atoms with Crippen LogP contribution in [0, 0.1) is 17.3 Å². The molecule has 23 heteroatoms. The summed E-state index contributed by atoms with van der Waals surface area (Å²) in [5.41, 5.74) is 0.241. The Kier molecular flexibility index (Phi) is 28.3. The number of hydrogen-bond acceptors (Lipinski definition) is 21. The first-order valence-corrected chi connectivity index (χ1v) is 30.1. The number of carboxylic acid groups (broad SMARTS) is 1. The average molecular weight is 1240 g/mol. The van der Waals surface area contributed by atoms with Gasteiger partial charge in [0.2, 0.25) is 11.7 Å². The molecule has 0 bridgehead atoms. The number of aliphatic carboxylic acids is 1. The van der Waals surface area contributed by atoms with Gasteiger partial charge in [0.25, 0.3) is 0 Å². The average Bonchev–Trinajstić information content (AvgIpc) is 0.881. The molecule has 5 saturated heterocycles. The van der Waals surface area contributed by atoms with E-state index in [4.69, 9.17) is 66.7 Å². The second-order valence-corrected chi connectivity index (χ2v) is 23.6. The van der Waals surface area contributed by atoms with Gasteiger partial charge < -0.3 is 97.5 Å². The smallest absolute Gasteiger partial charge is 0.328 e. The first-order chi connectivity index (χ1) is 42.0. The third-order valence-electron chi connectivity index (χ3n) is 17.0. The van der Waals surface area contributed by atoms with Crippen LogP contribution in [0.4, 0.5) is 0 Å². The number of nitrogens with one attached hydrogen (secondary N) is 1. The third kappa shape index (κ3) is 19.3. The number of carbonyl (C=O) groups is 3. The fourth-order valence-electron chi connectivity index (χ4n) is 11.9. The molecule has 1 aromatic carbocycles. The van der Waals surface area contributed by atoms with Crippen molar-refractivity contribution in [1.82, 2.24) is 5.32 Å². The molecule has 1 amide bonds. The van der Waals surface area contributed by atoms with Gasteiger partial charge in [0, 0.05) is 78.1 Å². The molecular weight excluding hydrogens is 1150 g/mol. The molecule has 5 aliphatic rings. The van der Waals surface area contributed by atoms with Gasteiger partial charge in [0.1, 0.15) is 42.5 Å². The van der Waals surface area contributed by atoms with Gasteiger partial charge in [-0.3, -0.25) is 9.59 Å². The van der Waals surface area contributed by atoms with Crippen molar-refractivity contribution in [2.75, 3.05) is 48.2 Å². The van der Waals surface area contributed by atoms with Gasteiger partial charge in [-0.25, -0.2) is 4.79 Å². The first kappa shape index (κ1) is 72.2. The number of methoxy groups -OCH3 is 4. The zero-order chi connectivity index (χ0) is 64.3. The Balaban J connectivity index is 1.19. The van der Waals surface area contributed by atoms with E-state index in [1.807, 2.05) is 32.9 Å². The van der Waals surface area contributed by atoms with E-state index in [9.17, 15) is 39.9 Å². The minimum Gasteiger partial charge on any atom is -0.478 e. The first-order valence-electron chi connectivity index (χ1n) is 30.1. The zero-order valence-electron chi connectivity index (χ0n) is 52.4.